The molecule has 3 aromatic rings. The lowest BCUT2D eigenvalue weighted by molar-refractivity contribution is -0.0458. The van der Waals surface area contributed by atoms with Crippen LogP contribution in [0.25, 0.3) is 11.3 Å². The van der Waals surface area contributed by atoms with E-state index in [4.69, 9.17) is 4.74 Å². The third-order valence-corrected chi connectivity index (χ3v) is 5.91. The van der Waals surface area contributed by atoms with Crippen molar-refractivity contribution in [2.24, 2.45) is 0 Å². The molecular formula is C23H29N5O5. The Morgan fingerprint density at radius 1 is 1.15 bits per heavy atom. The van der Waals surface area contributed by atoms with E-state index < -0.39 is 29.7 Å². The fraction of sp³-hybridized carbons (Fsp3) is 0.478. The van der Waals surface area contributed by atoms with E-state index >= 15 is 0 Å². The van der Waals surface area contributed by atoms with Crippen LogP contribution in [0.15, 0.2) is 46.2 Å². The van der Waals surface area contributed by atoms with Gasteiger partial charge in [0.15, 0.2) is 0 Å². The molecule has 2 aromatic heterocycles. The lowest BCUT2D eigenvalue weighted by atomic mass is 10.1. The first-order chi connectivity index (χ1) is 16.0. The molecule has 0 saturated carbocycles. The Hall–Kier alpha value is -3.08. The van der Waals surface area contributed by atoms with Crippen LogP contribution in [0.1, 0.15) is 50.0 Å². The minimum Gasteiger partial charge on any atom is -0.394 e. The third kappa shape index (κ3) is 5.29. The molecule has 1 unspecified atom stereocenters. The van der Waals surface area contributed by atoms with Gasteiger partial charge in [0.1, 0.15) is 18.0 Å². The molecule has 3 atom stereocenters. The van der Waals surface area contributed by atoms with Crippen molar-refractivity contribution in [1.82, 2.24) is 24.5 Å². The molecule has 176 valence electrons. The van der Waals surface area contributed by atoms with Crippen molar-refractivity contribution in [3.8, 4) is 11.3 Å². The molecule has 0 amide bonds. The van der Waals surface area contributed by atoms with Gasteiger partial charge in [0.05, 0.1) is 31.0 Å². The van der Waals surface area contributed by atoms with Gasteiger partial charge in [-0.05, 0) is 24.0 Å². The zero-order chi connectivity index (χ0) is 23.4. The van der Waals surface area contributed by atoms with Crippen LogP contribution < -0.4 is 11.2 Å². The number of aliphatic hydroxyl groups is 2. The van der Waals surface area contributed by atoms with Gasteiger partial charge < -0.3 is 14.9 Å². The number of nitrogens with one attached hydrogen (secondary N) is 1. The zero-order valence-corrected chi connectivity index (χ0v) is 18.6. The Labute approximate surface area is 190 Å². The summed E-state index contributed by atoms with van der Waals surface area (Å²) in [5.74, 6) is 0. The van der Waals surface area contributed by atoms with E-state index in [0.717, 1.165) is 12.0 Å². The van der Waals surface area contributed by atoms with Crippen LogP contribution in [0.3, 0.4) is 0 Å². The highest BCUT2D eigenvalue weighted by atomic mass is 16.5. The first kappa shape index (κ1) is 23.1. The standard InChI is InChI=1S/C23H29N5O5/c1-2-3-4-5-15-6-8-16(9-7-15)11-27-13-18(25-26-27)17-12-28(23(32)24-22(17)31)21-10-19(30)20(14-29)33-21/h6-9,12-13,19-21,29-30H,2-5,10-11,14H2,1H3,(H,24,31,32)/t19?,20-,21-/m0/s1. The molecule has 0 aliphatic carbocycles. The summed E-state index contributed by atoms with van der Waals surface area (Å²) < 4.78 is 8.38. The Morgan fingerprint density at radius 3 is 2.61 bits per heavy atom. The molecule has 3 heterocycles. The lowest BCUT2D eigenvalue weighted by Crippen LogP contribution is -2.33. The van der Waals surface area contributed by atoms with Crippen molar-refractivity contribution in [3.05, 3.63) is 68.6 Å². The second kappa shape index (κ2) is 10.2. The monoisotopic (exact) mass is 455 g/mol. The summed E-state index contributed by atoms with van der Waals surface area (Å²) in [4.78, 5) is 27.0. The predicted molar refractivity (Wildman–Crippen MR) is 121 cm³/mol. The molecule has 3 N–H and O–H groups in total. The van der Waals surface area contributed by atoms with Crippen molar-refractivity contribution in [2.45, 2.75) is 64.0 Å². The first-order valence-electron chi connectivity index (χ1n) is 11.3. The Balaban J connectivity index is 1.50. The first-order valence-corrected chi connectivity index (χ1v) is 11.3. The molecule has 0 radical (unpaired) electrons. The molecule has 1 aliphatic heterocycles. The van der Waals surface area contributed by atoms with Gasteiger partial charge in [-0.2, -0.15) is 0 Å². The summed E-state index contributed by atoms with van der Waals surface area (Å²) in [5, 5.41) is 27.5. The number of aliphatic hydroxyl groups excluding tert-OH is 2. The molecule has 33 heavy (non-hydrogen) atoms. The normalized spacial score (nSPS) is 20.4. The van der Waals surface area contributed by atoms with Gasteiger partial charge >= 0.3 is 5.69 Å². The van der Waals surface area contributed by atoms with Crippen molar-refractivity contribution in [1.29, 1.82) is 0 Å². The Morgan fingerprint density at radius 2 is 1.91 bits per heavy atom. The van der Waals surface area contributed by atoms with Crippen LogP contribution in [0, 0.1) is 0 Å². The van der Waals surface area contributed by atoms with Crippen LogP contribution in [-0.2, 0) is 17.7 Å². The summed E-state index contributed by atoms with van der Waals surface area (Å²) in [6, 6.07) is 8.38. The molecular weight excluding hydrogens is 426 g/mol. The summed E-state index contributed by atoms with van der Waals surface area (Å²) in [6.45, 7) is 2.32. The SMILES string of the molecule is CCCCCc1ccc(Cn2cc(-c3cn([C@@H]4CC(O)[C@H](CO)O4)c(=O)[nH]c3=O)nn2)cc1. The predicted octanol–water partition coefficient (Wildman–Crippen LogP) is 1.22. The minimum atomic E-state index is -0.902. The van der Waals surface area contributed by atoms with E-state index in [2.05, 4.69) is 46.5 Å². The summed E-state index contributed by atoms with van der Waals surface area (Å²) in [7, 11) is 0. The summed E-state index contributed by atoms with van der Waals surface area (Å²) in [5.41, 5.74) is 1.61. The molecule has 1 saturated heterocycles. The number of aromatic amines is 1. The van der Waals surface area contributed by atoms with Crippen molar-refractivity contribution in [3.63, 3.8) is 0 Å². The number of hydrogen-bond donors (Lipinski definition) is 3. The second-order valence-electron chi connectivity index (χ2n) is 8.40. The highest BCUT2D eigenvalue weighted by Crippen LogP contribution is 2.27. The highest BCUT2D eigenvalue weighted by molar-refractivity contribution is 5.54. The number of unbranched alkanes of at least 4 members (excludes halogenated alkanes) is 2. The number of benzene rings is 1. The number of H-pyrrole nitrogens is 1. The van der Waals surface area contributed by atoms with E-state index in [0.29, 0.717) is 12.2 Å². The molecule has 0 spiro atoms. The fourth-order valence-corrected chi connectivity index (χ4v) is 4.01. The maximum Gasteiger partial charge on any atom is 0.330 e. The highest BCUT2D eigenvalue weighted by Gasteiger charge is 2.35. The van der Waals surface area contributed by atoms with Gasteiger partial charge in [-0.15, -0.1) is 5.10 Å². The smallest absolute Gasteiger partial charge is 0.330 e. The summed E-state index contributed by atoms with van der Waals surface area (Å²) in [6.07, 6.45) is 5.33. The van der Waals surface area contributed by atoms with Gasteiger partial charge in [0, 0.05) is 12.6 Å². The van der Waals surface area contributed by atoms with Crippen LogP contribution in [-0.4, -0.2) is 53.6 Å². The average Bonchev–Trinajstić information content (AvgIpc) is 3.41. The number of nitrogens with zero attached hydrogens (tertiary/aromatic N) is 4. The minimum absolute atomic E-state index is 0.123. The van der Waals surface area contributed by atoms with Gasteiger partial charge in [-0.3, -0.25) is 14.3 Å². The number of aryl methyl sites for hydroxylation is 1. The van der Waals surface area contributed by atoms with Gasteiger partial charge in [-0.25, -0.2) is 9.48 Å². The topological polar surface area (TPSA) is 135 Å². The van der Waals surface area contributed by atoms with Crippen molar-refractivity contribution in [2.75, 3.05) is 6.61 Å². The molecule has 1 aliphatic rings. The van der Waals surface area contributed by atoms with Crippen LogP contribution in [0.2, 0.25) is 0 Å². The van der Waals surface area contributed by atoms with Crippen LogP contribution in [0.5, 0.6) is 0 Å². The van der Waals surface area contributed by atoms with E-state index in [1.807, 2.05) is 0 Å². The molecule has 0 bridgehead atoms. The number of hydrogen-bond acceptors (Lipinski definition) is 7. The second-order valence-corrected chi connectivity index (χ2v) is 8.40. The van der Waals surface area contributed by atoms with E-state index in [-0.39, 0.29) is 18.6 Å². The molecule has 1 fully saturated rings. The molecule has 10 nitrogen and oxygen atoms in total. The quantitative estimate of drug-likeness (QED) is 0.413. The van der Waals surface area contributed by atoms with Crippen molar-refractivity contribution < 1.29 is 14.9 Å². The van der Waals surface area contributed by atoms with E-state index in [1.165, 1.54) is 35.6 Å². The number of ether oxygens (including phenoxy) is 1. The molecule has 10 heteroatoms. The average molecular weight is 456 g/mol. The van der Waals surface area contributed by atoms with E-state index in [9.17, 15) is 19.8 Å². The van der Waals surface area contributed by atoms with Crippen LogP contribution >= 0.6 is 0 Å². The van der Waals surface area contributed by atoms with Crippen molar-refractivity contribution >= 4 is 0 Å². The van der Waals surface area contributed by atoms with Gasteiger partial charge in [-0.1, -0.05) is 49.2 Å². The lowest BCUT2D eigenvalue weighted by Gasteiger charge is -2.14. The maximum absolute atomic E-state index is 12.4. The maximum atomic E-state index is 12.4. The molecule has 4 rings (SSSR count). The zero-order valence-electron chi connectivity index (χ0n) is 18.6. The van der Waals surface area contributed by atoms with Crippen LogP contribution in [0.4, 0.5) is 0 Å². The third-order valence-electron chi connectivity index (χ3n) is 5.91. The van der Waals surface area contributed by atoms with Gasteiger partial charge in [0.25, 0.3) is 5.56 Å². The molecule has 1 aromatic carbocycles. The Bertz CT molecular complexity index is 1180. The number of rotatable bonds is 9. The number of aromatic nitrogens is 5. The summed E-state index contributed by atoms with van der Waals surface area (Å²) >= 11 is 0. The Kier molecular flexibility index (Phi) is 7.17. The van der Waals surface area contributed by atoms with Gasteiger partial charge in [0.2, 0.25) is 0 Å². The largest absolute Gasteiger partial charge is 0.394 e. The van der Waals surface area contributed by atoms with E-state index in [1.54, 1.807) is 10.9 Å². The fourth-order valence-electron chi connectivity index (χ4n) is 4.01.